The van der Waals surface area contributed by atoms with Crippen LogP contribution in [0.2, 0.25) is 0 Å². The fourth-order valence-corrected chi connectivity index (χ4v) is 5.95. The molecule has 0 fully saturated rings. The fraction of sp³-hybridized carbons (Fsp3) is 0.429. The number of rotatable bonds is 10. The van der Waals surface area contributed by atoms with E-state index in [1.807, 2.05) is 13.8 Å². The van der Waals surface area contributed by atoms with Gasteiger partial charge in [-0.1, -0.05) is 48.3 Å². The Labute approximate surface area is 254 Å². The normalized spacial score (nSPS) is 17.0. The summed E-state index contributed by atoms with van der Waals surface area (Å²) in [5, 5.41) is 0. The van der Waals surface area contributed by atoms with E-state index in [4.69, 9.17) is 29.4 Å². The van der Waals surface area contributed by atoms with E-state index in [1.165, 1.54) is 25.3 Å². The molecule has 8 heteroatoms. The zero-order chi connectivity index (χ0) is 31.6. The molecular formula is C35H42N4O4-2. The molecule has 0 saturated carbocycles. The first-order valence-electron chi connectivity index (χ1n) is 14.7. The van der Waals surface area contributed by atoms with Crippen LogP contribution >= 0.6 is 0 Å². The molecule has 4 rings (SSSR count). The summed E-state index contributed by atoms with van der Waals surface area (Å²) in [6.45, 7) is 16.4. The summed E-state index contributed by atoms with van der Waals surface area (Å²) >= 11 is 0. The van der Waals surface area contributed by atoms with Crippen LogP contribution in [0.4, 0.5) is 0 Å². The molecular weight excluding hydrogens is 540 g/mol. The Morgan fingerprint density at radius 2 is 1.02 bits per heavy atom. The van der Waals surface area contributed by atoms with Crippen LogP contribution in [0.5, 0.6) is 0 Å². The number of aromatic nitrogens is 2. The second kappa shape index (κ2) is 13.0. The van der Waals surface area contributed by atoms with Gasteiger partial charge in [0.05, 0.1) is 25.6 Å². The predicted molar refractivity (Wildman–Crippen MR) is 171 cm³/mol. The van der Waals surface area contributed by atoms with E-state index >= 15 is 0 Å². The highest BCUT2D eigenvalue weighted by atomic mass is 16.5. The van der Waals surface area contributed by atoms with Crippen molar-refractivity contribution in [2.45, 2.75) is 87.5 Å². The molecule has 0 bridgehead atoms. The Bertz CT molecular complexity index is 1540. The van der Waals surface area contributed by atoms with E-state index in [1.54, 1.807) is 0 Å². The van der Waals surface area contributed by atoms with Crippen molar-refractivity contribution >= 4 is 35.5 Å². The van der Waals surface area contributed by atoms with Crippen molar-refractivity contribution in [3.63, 3.8) is 0 Å². The largest absolute Gasteiger partial charge is 0.661 e. The topological polar surface area (TPSA) is 106 Å². The molecule has 2 aliphatic heterocycles. The third-order valence-electron chi connectivity index (χ3n) is 8.76. The van der Waals surface area contributed by atoms with Gasteiger partial charge in [-0.2, -0.15) is 11.4 Å². The lowest BCUT2D eigenvalue weighted by atomic mass is 9.97. The van der Waals surface area contributed by atoms with Gasteiger partial charge < -0.3 is 19.4 Å². The molecule has 2 aromatic heterocycles. The number of methoxy groups -OCH3 is 2. The molecule has 4 heterocycles. The molecule has 43 heavy (non-hydrogen) atoms. The van der Waals surface area contributed by atoms with E-state index < -0.39 is 0 Å². The van der Waals surface area contributed by atoms with Crippen LogP contribution in [0.1, 0.15) is 98.4 Å². The van der Waals surface area contributed by atoms with Crippen molar-refractivity contribution < 1.29 is 19.1 Å². The minimum absolute atomic E-state index is 0.218. The number of carbonyl (C=O) groups is 2. The molecule has 0 amide bonds. The zero-order valence-electron chi connectivity index (χ0n) is 27.1. The third kappa shape index (κ3) is 6.58. The number of hydrogen-bond acceptors (Lipinski definition) is 6. The average Bonchev–Trinajstić information content (AvgIpc) is 3.59. The summed E-state index contributed by atoms with van der Waals surface area (Å²) in [5.74, 6) is -0.436. The van der Waals surface area contributed by atoms with Gasteiger partial charge in [0.25, 0.3) is 0 Å². The molecule has 0 spiro atoms. The Morgan fingerprint density at radius 1 is 0.651 bits per heavy atom. The second-order valence-electron chi connectivity index (χ2n) is 11.4. The lowest BCUT2D eigenvalue weighted by Crippen LogP contribution is -2.03. The highest BCUT2D eigenvalue weighted by Crippen LogP contribution is 2.34. The number of esters is 2. The van der Waals surface area contributed by atoms with Crippen molar-refractivity contribution in [2.24, 2.45) is 9.98 Å². The van der Waals surface area contributed by atoms with Crippen LogP contribution in [0.15, 0.2) is 43.7 Å². The number of allylic oxidation sites excluding steroid dienone is 4. The zero-order valence-corrected chi connectivity index (χ0v) is 27.1. The second-order valence-corrected chi connectivity index (χ2v) is 11.4. The van der Waals surface area contributed by atoms with Crippen LogP contribution in [0.25, 0.3) is 12.2 Å². The number of hydrogen-bond donors (Lipinski definition) is 0. The summed E-state index contributed by atoms with van der Waals surface area (Å²) in [6.07, 6.45) is 6.75. The summed E-state index contributed by atoms with van der Waals surface area (Å²) in [6, 6.07) is 0. The average molecular weight is 583 g/mol. The standard InChI is InChI=1S/C35H42N4O4/c1-18-26(11-13-34(40)42-9)22(5)36-30(18)16-32-20(3)28(24(7)38-32)15-29-21(4)33(39-25(29)8)17-31-19(2)27(23(6)37-31)12-14-35(41)43-10/h16-17H,11-15H2,1-10H3/q-2. The maximum absolute atomic E-state index is 11.7. The SMILES string of the molecule is COC(=O)CCC1=C(C)/C(=C/c2[n-]c(C)c(Cc3c(C)[n-]c(/C=C4\N=C(C)C(CCC(=O)OC)=C4C)c3C)c2C)N=C1C. The molecule has 228 valence electrons. The van der Waals surface area contributed by atoms with Gasteiger partial charge >= 0.3 is 11.9 Å². The van der Waals surface area contributed by atoms with Gasteiger partial charge in [-0.25, -0.2) is 0 Å². The van der Waals surface area contributed by atoms with E-state index in [-0.39, 0.29) is 11.9 Å². The maximum atomic E-state index is 11.7. The first-order valence-corrected chi connectivity index (χ1v) is 14.7. The van der Waals surface area contributed by atoms with E-state index in [0.717, 1.165) is 85.4 Å². The first-order chi connectivity index (χ1) is 20.4. The number of aliphatic imine (C=N–C) groups is 2. The third-order valence-corrected chi connectivity index (χ3v) is 8.76. The predicted octanol–water partition coefficient (Wildman–Crippen LogP) is 6.60. The summed E-state index contributed by atoms with van der Waals surface area (Å²) in [7, 11) is 2.83. The molecule has 2 aliphatic rings. The molecule has 0 atom stereocenters. The van der Waals surface area contributed by atoms with E-state index in [2.05, 4.69) is 53.7 Å². The first kappa shape index (κ1) is 31.7. The smallest absolute Gasteiger partial charge is 0.305 e. The minimum Gasteiger partial charge on any atom is -0.661 e. The van der Waals surface area contributed by atoms with Crippen molar-refractivity contribution in [1.29, 1.82) is 0 Å². The highest BCUT2D eigenvalue weighted by Gasteiger charge is 2.20. The van der Waals surface area contributed by atoms with Gasteiger partial charge in [0.15, 0.2) is 0 Å². The van der Waals surface area contributed by atoms with Gasteiger partial charge in [-0.05, 0) is 83.1 Å². The molecule has 0 N–H and O–H groups in total. The lowest BCUT2D eigenvalue weighted by molar-refractivity contribution is -0.141. The molecule has 8 nitrogen and oxygen atoms in total. The summed E-state index contributed by atoms with van der Waals surface area (Å²) in [4.78, 5) is 42.8. The number of aryl methyl sites for hydroxylation is 2. The van der Waals surface area contributed by atoms with Gasteiger partial charge in [0, 0.05) is 24.3 Å². The van der Waals surface area contributed by atoms with Crippen LogP contribution < -0.4 is 9.97 Å². The fourth-order valence-electron chi connectivity index (χ4n) is 5.95. The van der Waals surface area contributed by atoms with Crippen LogP contribution in [0.3, 0.4) is 0 Å². The van der Waals surface area contributed by atoms with Gasteiger partial charge in [0.1, 0.15) is 0 Å². The molecule has 0 saturated heterocycles. The van der Waals surface area contributed by atoms with Crippen molar-refractivity contribution in [3.8, 4) is 0 Å². The van der Waals surface area contributed by atoms with Gasteiger partial charge in [-0.15, -0.1) is 11.4 Å². The van der Waals surface area contributed by atoms with Crippen molar-refractivity contribution in [3.05, 3.63) is 78.7 Å². The van der Waals surface area contributed by atoms with Gasteiger partial charge in [0.2, 0.25) is 0 Å². The lowest BCUT2D eigenvalue weighted by Gasteiger charge is -2.11. The monoisotopic (exact) mass is 582 g/mol. The van der Waals surface area contributed by atoms with E-state index in [0.29, 0.717) is 25.7 Å². The number of carbonyl (C=O) groups excluding carboxylic acids is 2. The highest BCUT2D eigenvalue weighted by molar-refractivity contribution is 6.04. The maximum Gasteiger partial charge on any atom is 0.305 e. The molecule has 0 aliphatic carbocycles. The molecule has 0 unspecified atom stereocenters. The van der Waals surface area contributed by atoms with Crippen molar-refractivity contribution in [1.82, 2.24) is 9.97 Å². The quantitative estimate of drug-likeness (QED) is 0.293. The van der Waals surface area contributed by atoms with Crippen molar-refractivity contribution in [2.75, 3.05) is 14.2 Å². The van der Waals surface area contributed by atoms with Gasteiger partial charge in [-0.3, -0.25) is 19.6 Å². The Morgan fingerprint density at radius 3 is 1.37 bits per heavy atom. The molecule has 0 aromatic carbocycles. The number of ether oxygens (including phenoxy) is 2. The Hall–Kier alpha value is -4.20. The number of nitrogens with zero attached hydrogens (tertiary/aromatic N) is 4. The summed E-state index contributed by atoms with van der Waals surface area (Å²) < 4.78 is 9.62. The van der Waals surface area contributed by atoms with Crippen LogP contribution in [0, 0.1) is 27.7 Å². The van der Waals surface area contributed by atoms with Crippen LogP contribution in [-0.4, -0.2) is 37.6 Å². The van der Waals surface area contributed by atoms with E-state index in [9.17, 15) is 9.59 Å². The summed E-state index contributed by atoms with van der Waals surface area (Å²) in [5.41, 5.74) is 16.5. The molecule has 0 radical (unpaired) electrons. The minimum atomic E-state index is -0.218. The Balaban J connectivity index is 1.59. The Kier molecular flexibility index (Phi) is 9.58. The van der Waals surface area contributed by atoms with Crippen LogP contribution in [-0.2, 0) is 25.5 Å². The molecule has 2 aromatic rings.